The minimum atomic E-state index is -3.40. The summed E-state index contributed by atoms with van der Waals surface area (Å²) < 4.78 is 30.5. The van der Waals surface area contributed by atoms with Crippen molar-refractivity contribution in [3.8, 4) is 0 Å². The van der Waals surface area contributed by atoms with Gasteiger partial charge < -0.3 is 10.1 Å². The summed E-state index contributed by atoms with van der Waals surface area (Å²) >= 11 is 0. The minimum absolute atomic E-state index is 0.0354. The highest BCUT2D eigenvalue weighted by molar-refractivity contribution is 7.91. The number of alkyl carbamates (subject to hydrolysis) is 1. The molecule has 0 saturated carbocycles. The van der Waals surface area contributed by atoms with E-state index < -0.39 is 21.5 Å². The van der Waals surface area contributed by atoms with Gasteiger partial charge in [0.1, 0.15) is 5.60 Å². The number of aryl methyl sites for hydroxylation is 1. The number of amides is 1. The molecular weight excluding hydrogens is 374 g/mol. The van der Waals surface area contributed by atoms with Crippen molar-refractivity contribution in [1.82, 2.24) is 5.32 Å². The average molecular weight is 404 g/mol. The van der Waals surface area contributed by atoms with Gasteiger partial charge in [-0.1, -0.05) is 48.5 Å². The van der Waals surface area contributed by atoms with Crippen molar-refractivity contribution in [2.24, 2.45) is 0 Å². The van der Waals surface area contributed by atoms with E-state index in [1.165, 1.54) is 0 Å². The molecule has 28 heavy (non-hydrogen) atoms. The van der Waals surface area contributed by atoms with E-state index in [2.05, 4.69) is 5.32 Å². The molecule has 1 N–H and O–H groups in total. The first-order valence-corrected chi connectivity index (χ1v) is 11.1. The van der Waals surface area contributed by atoms with E-state index in [9.17, 15) is 13.2 Å². The lowest BCUT2D eigenvalue weighted by Crippen LogP contribution is -2.40. The van der Waals surface area contributed by atoms with Gasteiger partial charge in [0.2, 0.25) is 0 Å². The fourth-order valence-electron chi connectivity index (χ4n) is 2.79. The van der Waals surface area contributed by atoms with E-state index in [1.807, 2.05) is 30.3 Å². The third-order valence-corrected chi connectivity index (χ3v) is 5.95. The van der Waals surface area contributed by atoms with Crippen molar-refractivity contribution in [1.29, 1.82) is 0 Å². The molecule has 0 aromatic heterocycles. The first-order valence-electron chi connectivity index (χ1n) is 9.47. The zero-order chi connectivity index (χ0) is 20.6. The van der Waals surface area contributed by atoms with Gasteiger partial charge in [-0.3, -0.25) is 0 Å². The van der Waals surface area contributed by atoms with E-state index in [0.717, 1.165) is 12.0 Å². The molecule has 0 aliphatic carbocycles. The van der Waals surface area contributed by atoms with Crippen LogP contribution in [-0.4, -0.2) is 31.9 Å². The summed E-state index contributed by atoms with van der Waals surface area (Å²) in [6.07, 6.45) is 1.17. The van der Waals surface area contributed by atoms with Gasteiger partial charge in [-0.2, -0.15) is 0 Å². The lowest BCUT2D eigenvalue weighted by molar-refractivity contribution is 0.0500. The molecule has 0 fully saturated rings. The molecule has 6 heteroatoms. The molecule has 0 saturated heterocycles. The smallest absolute Gasteiger partial charge is 0.407 e. The molecule has 2 aromatic rings. The highest BCUT2D eigenvalue weighted by atomic mass is 32.2. The normalized spacial score (nSPS) is 13.0. The second-order valence-corrected chi connectivity index (χ2v) is 9.90. The Labute approximate surface area is 168 Å². The largest absolute Gasteiger partial charge is 0.444 e. The predicted molar refractivity (Wildman–Crippen MR) is 111 cm³/mol. The van der Waals surface area contributed by atoms with Gasteiger partial charge in [-0.15, -0.1) is 0 Å². The number of benzene rings is 2. The van der Waals surface area contributed by atoms with Gasteiger partial charge in [-0.25, -0.2) is 13.2 Å². The topological polar surface area (TPSA) is 72.5 Å². The Hall–Kier alpha value is -2.34. The second kappa shape index (κ2) is 9.73. The summed E-state index contributed by atoms with van der Waals surface area (Å²) in [6, 6.07) is 18.0. The van der Waals surface area contributed by atoms with Crippen molar-refractivity contribution in [3.05, 3.63) is 66.2 Å². The van der Waals surface area contributed by atoms with Crippen molar-refractivity contribution >= 4 is 15.9 Å². The van der Waals surface area contributed by atoms with Crippen LogP contribution in [0.25, 0.3) is 0 Å². The molecule has 0 radical (unpaired) electrons. The highest BCUT2D eigenvalue weighted by Gasteiger charge is 2.22. The molecule has 1 atom stereocenters. The number of hydrogen-bond donors (Lipinski definition) is 1. The van der Waals surface area contributed by atoms with Crippen molar-refractivity contribution in [3.63, 3.8) is 0 Å². The van der Waals surface area contributed by atoms with Gasteiger partial charge in [-0.05, 0) is 57.7 Å². The lowest BCUT2D eigenvalue weighted by Gasteiger charge is -2.24. The highest BCUT2D eigenvalue weighted by Crippen LogP contribution is 2.15. The first kappa shape index (κ1) is 22.0. The standard InChI is InChI=1S/C22H29NO4S/c1-22(2,3)27-21(24)23-19(15-14-18-10-6-4-7-11-18)16-17-28(25,26)20-12-8-5-9-13-20/h4-13,19H,14-17H2,1-3H3,(H,23,24)/t19-/m1/s1. The molecule has 0 bridgehead atoms. The number of rotatable bonds is 8. The minimum Gasteiger partial charge on any atom is -0.444 e. The Morgan fingerprint density at radius 2 is 1.54 bits per heavy atom. The number of carbonyl (C=O) groups excluding carboxylic acids is 1. The van der Waals surface area contributed by atoms with Crippen LogP contribution < -0.4 is 5.32 Å². The van der Waals surface area contributed by atoms with Gasteiger partial charge in [0, 0.05) is 6.04 Å². The molecular formula is C22H29NO4S. The van der Waals surface area contributed by atoms with Gasteiger partial charge in [0.25, 0.3) is 0 Å². The Kier molecular flexibility index (Phi) is 7.63. The number of ether oxygens (including phenoxy) is 1. The molecule has 5 nitrogen and oxygen atoms in total. The maximum atomic E-state index is 12.6. The van der Waals surface area contributed by atoms with Crippen LogP contribution in [0.5, 0.6) is 0 Å². The third-order valence-electron chi connectivity index (χ3n) is 4.18. The Morgan fingerprint density at radius 3 is 2.11 bits per heavy atom. The van der Waals surface area contributed by atoms with Gasteiger partial charge in [0.05, 0.1) is 10.6 Å². The summed E-state index contributed by atoms with van der Waals surface area (Å²) in [5.41, 5.74) is 0.536. The monoisotopic (exact) mass is 403 g/mol. The van der Waals surface area contributed by atoms with E-state index in [-0.39, 0.29) is 11.8 Å². The maximum absolute atomic E-state index is 12.6. The van der Waals surface area contributed by atoms with Crippen LogP contribution in [0.3, 0.4) is 0 Å². The molecule has 2 rings (SSSR count). The molecule has 0 aliphatic rings. The molecule has 0 aliphatic heterocycles. The SMILES string of the molecule is CC(C)(C)OC(=O)N[C@H](CCc1ccccc1)CCS(=O)(=O)c1ccccc1. The second-order valence-electron chi connectivity index (χ2n) is 7.79. The molecule has 152 valence electrons. The fraction of sp³-hybridized carbons (Fsp3) is 0.409. The summed E-state index contributed by atoms with van der Waals surface area (Å²) in [5.74, 6) is -0.0354. The zero-order valence-electron chi connectivity index (χ0n) is 16.7. The first-order chi connectivity index (χ1) is 13.2. The van der Waals surface area contributed by atoms with Crippen LogP contribution >= 0.6 is 0 Å². The summed E-state index contributed by atoms with van der Waals surface area (Å²) in [5, 5.41) is 2.84. The summed E-state index contributed by atoms with van der Waals surface area (Å²) in [7, 11) is -3.40. The molecule has 0 heterocycles. The van der Waals surface area contributed by atoms with Gasteiger partial charge in [0.15, 0.2) is 9.84 Å². The summed E-state index contributed by atoms with van der Waals surface area (Å²) in [6.45, 7) is 5.39. The van der Waals surface area contributed by atoms with E-state index in [1.54, 1.807) is 51.1 Å². The van der Waals surface area contributed by atoms with Crippen LogP contribution in [0.4, 0.5) is 4.79 Å². The van der Waals surface area contributed by atoms with Crippen molar-refractivity contribution in [2.45, 2.75) is 56.6 Å². The number of carbonyl (C=O) groups is 1. The van der Waals surface area contributed by atoms with Crippen molar-refractivity contribution < 1.29 is 17.9 Å². The number of nitrogens with one attached hydrogen (secondary N) is 1. The fourth-order valence-corrected chi connectivity index (χ4v) is 4.19. The van der Waals surface area contributed by atoms with E-state index in [0.29, 0.717) is 17.7 Å². The van der Waals surface area contributed by atoms with Crippen LogP contribution in [0.15, 0.2) is 65.6 Å². The van der Waals surface area contributed by atoms with E-state index >= 15 is 0 Å². The van der Waals surface area contributed by atoms with Crippen LogP contribution in [0.1, 0.15) is 39.2 Å². The Morgan fingerprint density at radius 1 is 0.964 bits per heavy atom. The molecule has 0 spiro atoms. The number of sulfone groups is 1. The molecule has 0 unspecified atom stereocenters. The average Bonchev–Trinajstić information content (AvgIpc) is 2.64. The quantitative estimate of drug-likeness (QED) is 0.710. The molecule has 1 amide bonds. The number of hydrogen-bond acceptors (Lipinski definition) is 4. The molecule has 2 aromatic carbocycles. The van der Waals surface area contributed by atoms with Crippen LogP contribution in [-0.2, 0) is 21.0 Å². The van der Waals surface area contributed by atoms with Crippen LogP contribution in [0, 0.1) is 0 Å². The maximum Gasteiger partial charge on any atom is 0.407 e. The Balaban J connectivity index is 2.03. The van der Waals surface area contributed by atoms with Gasteiger partial charge >= 0.3 is 6.09 Å². The van der Waals surface area contributed by atoms with E-state index in [4.69, 9.17) is 4.74 Å². The lowest BCUT2D eigenvalue weighted by atomic mass is 10.0. The predicted octanol–water partition coefficient (Wildman–Crippen LogP) is 4.38. The summed E-state index contributed by atoms with van der Waals surface area (Å²) in [4.78, 5) is 12.5. The zero-order valence-corrected chi connectivity index (χ0v) is 17.5. The van der Waals surface area contributed by atoms with Crippen LogP contribution in [0.2, 0.25) is 0 Å². The van der Waals surface area contributed by atoms with Crippen molar-refractivity contribution in [2.75, 3.05) is 5.75 Å². The third kappa shape index (κ3) is 7.72. The Bertz CT molecular complexity index is 843.